The van der Waals surface area contributed by atoms with Gasteiger partial charge in [0.25, 0.3) is 0 Å². The van der Waals surface area contributed by atoms with Gasteiger partial charge in [0.05, 0.1) is 10.5 Å². The number of alkyl halides is 1. The van der Waals surface area contributed by atoms with Crippen molar-refractivity contribution in [1.82, 2.24) is 9.55 Å². The Labute approximate surface area is 127 Å². The molecular weight excluding hydrogens is 299 g/mol. The second-order valence-electron chi connectivity index (χ2n) is 4.82. The number of thioether (sulfide) groups is 1. The highest BCUT2D eigenvalue weighted by atomic mass is 35.5. The molecule has 0 spiro atoms. The maximum atomic E-state index is 6.25. The maximum Gasteiger partial charge on any atom is 0.111 e. The monoisotopic (exact) mass is 314 g/mol. The minimum absolute atomic E-state index is 0.596. The highest BCUT2D eigenvalue weighted by molar-refractivity contribution is 8.00. The maximum absolute atomic E-state index is 6.25. The number of benzene rings is 1. The Morgan fingerprint density at radius 2 is 2.32 bits per heavy atom. The zero-order valence-corrected chi connectivity index (χ0v) is 12.9. The van der Waals surface area contributed by atoms with Crippen LogP contribution in [0.3, 0.4) is 0 Å². The number of hydrogen-bond acceptors (Lipinski definition) is 2. The van der Waals surface area contributed by atoms with Crippen molar-refractivity contribution < 1.29 is 0 Å². The fourth-order valence-corrected chi connectivity index (χ4v) is 4.27. The van der Waals surface area contributed by atoms with Crippen LogP contribution in [0.4, 0.5) is 0 Å². The van der Waals surface area contributed by atoms with Gasteiger partial charge in [-0.3, -0.25) is 0 Å². The van der Waals surface area contributed by atoms with E-state index in [0.29, 0.717) is 11.1 Å². The third-order valence-electron chi connectivity index (χ3n) is 3.54. The zero-order chi connectivity index (χ0) is 13.2. The Balaban J connectivity index is 2.02. The van der Waals surface area contributed by atoms with E-state index in [1.54, 1.807) is 0 Å². The van der Waals surface area contributed by atoms with Crippen molar-refractivity contribution in [3.05, 3.63) is 29.0 Å². The van der Waals surface area contributed by atoms with E-state index in [4.69, 9.17) is 23.2 Å². The van der Waals surface area contributed by atoms with Crippen LogP contribution in [0.15, 0.2) is 18.2 Å². The van der Waals surface area contributed by atoms with Gasteiger partial charge in [-0.25, -0.2) is 4.98 Å². The molecule has 2 heterocycles. The van der Waals surface area contributed by atoms with Gasteiger partial charge in [-0.15, -0.1) is 11.6 Å². The predicted molar refractivity (Wildman–Crippen MR) is 84.6 cm³/mol. The van der Waals surface area contributed by atoms with E-state index in [9.17, 15) is 0 Å². The summed E-state index contributed by atoms with van der Waals surface area (Å²) >= 11 is 14.2. The van der Waals surface area contributed by atoms with E-state index in [1.165, 1.54) is 18.6 Å². The van der Waals surface area contributed by atoms with Gasteiger partial charge in [0, 0.05) is 24.1 Å². The van der Waals surface area contributed by atoms with Crippen LogP contribution in [0.25, 0.3) is 11.0 Å². The summed E-state index contributed by atoms with van der Waals surface area (Å²) < 4.78 is 2.31. The average Bonchev–Trinajstić information content (AvgIpc) is 3.01. The molecule has 1 aliphatic rings. The molecule has 1 fully saturated rings. The first-order chi connectivity index (χ1) is 9.29. The number of nitrogens with zero attached hydrogens (tertiary/aromatic N) is 2. The summed E-state index contributed by atoms with van der Waals surface area (Å²) in [6.45, 7) is 1.02. The van der Waals surface area contributed by atoms with E-state index < -0.39 is 0 Å². The molecule has 1 saturated heterocycles. The van der Waals surface area contributed by atoms with Gasteiger partial charge in [-0.1, -0.05) is 17.7 Å². The molecule has 0 saturated carbocycles. The van der Waals surface area contributed by atoms with E-state index in [1.807, 2.05) is 12.1 Å². The van der Waals surface area contributed by atoms with E-state index >= 15 is 0 Å². The Morgan fingerprint density at radius 1 is 1.42 bits per heavy atom. The summed E-state index contributed by atoms with van der Waals surface area (Å²) in [5.41, 5.74) is 2.05. The van der Waals surface area contributed by atoms with Crippen LogP contribution in [0.1, 0.15) is 18.7 Å². The number of rotatable bonds is 4. The van der Waals surface area contributed by atoms with Crippen molar-refractivity contribution in [2.75, 3.05) is 11.6 Å². The van der Waals surface area contributed by atoms with Gasteiger partial charge in [0.2, 0.25) is 0 Å². The van der Waals surface area contributed by atoms with Crippen molar-refractivity contribution in [2.45, 2.75) is 31.1 Å². The molecule has 0 bridgehead atoms. The average molecular weight is 315 g/mol. The molecule has 2 nitrogen and oxygen atoms in total. The lowest BCUT2D eigenvalue weighted by atomic mass is 10.2. The van der Waals surface area contributed by atoms with Gasteiger partial charge in [0.15, 0.2) is 0 Å². The van der Waals surface area contributed by atoms with Crippen LogP contribution < -0.4 is 0 Å². The summed E-state index contributed by atoms with van der Waals surface area (Å²) in [5.74, 6) is 2.94. The number of para-hydroxylation sites is 1. The van der Waals surface area contributed by atoms with E-state index in [-0.39, 0.29) is 0 Å². The molecule has 3 rings (SSSR count). The first-order valence-electron chi connectivity index (χ1n) is 6.61. The summed E-state index contributed by atoms with van der Waals surface area (Å²) in [7, 11) is 0. The Morgan fingerprint density at radius 3 is 3.05 bits per heavy atom. The zero-order valence-electron chi connectivity index (χ0n) is 10.6. The molecular formula is C14H16Cl2N2S. The van der Waals surface area contributed by atoms with E-state index in [2.05, 4.69) is 27.4 Å². The third-order valence-corrected chi connectivity index (χ3v) is 5.41. The molecule has 1 unspecified atom stereocenters. The minimum Gasteiger partial charge on any atom is -0.327 e. The standard InChI is InChI=1S/C14H16Cl2N2S/c15-7-6-13-17-14-11(16)4-1-5-12(14)18(13)9-10-3-2-8-19-10/h1,4-5,10H,2-3,6-9H2. The molecule has 5 heteroatoms. The normalized spacial score (nSPS) is 19.4. The predicted octanol–water partition coefficient (Wildman–Crippen LogP) is 4.37. The Hall–Kier alpha value is -0.380. The van der Waals surface area contributed by atoms with Gasteiger partial charge < -0.3 is 4.57 Å². The highest BCUT2D eigenvalue weighted by Crippen LogP contribution is 2.30. The molecule has 0 aliphatic carbocycles. The topological polar surface area (TPSA) is 17.8 Å². The molecule has 1 atom stereocenters. The largest absolute Gasteiger partial charge is 0.327 e. The van der Waals surface area contributed by atoms with Crippen molar-refractivity contribution in [3.63, 3.8) is 0 Å². The molecule has 0 radical (unpaired) electrons. The lowest BCUT2D eigenvalue weighted by Crippen LogP contribution is -2.13. The molecule has 1 aliphatic heterocycles. The van der Waals surface area contributed by atoms with Crippen LogP contribution in [-0.4, -0.2) is 26.4 Å². The lowest BCUT2D eigenvalue weighted by molar-refractivity contribution is 0.627. The number of aromatic nitrogens is 2. The van der Waals surface area contributed by atoms with Gasteiger partial charge in [0.1, 0.15) is 11.3 Å². The van der Waals surface area contributed by atoms with Gasteiger partial charge >= 0.3 is 0 Å². The molecule has 102 valence electrons. The second kappa shape index (κ2) is 5.94. The first kappa shape index (κ1) is 13.6. The SMILES string of the molecule is ClCCc1nc2c(Cl)cccc2n1CC1CCCS1. The molecule has 1 aromatic carbocycles. The molecule has 0 N–H and O–H groups in total. The third kappa shape index (κ3) is 2.74. The van der Waals surface area contributed by atoms with Gasteiger partial charge in [-0.2, -0.15) is 11.8 Å². The fraction of sp³-hybridized carbons (Fsp3) is 0.500. The number of imidazole rings is 1. The quantitative estimate of drug-likeness (QED) is 0.780. The summed E-state index contributed by atoms with van der Waals surface area (Å²) in [6, 6.07) is 6.00. The lowest BCUT2D eigenvalue weighted by Gasteiger charge is -2.13. The van der Waals surface area contributed by atoms with Crippen molar-refractivity contribution in [2.24, 2.45) is 0 Å². The van der Waals surface area contributed by atoms with E-state index in [0.717, 1.165) is 34.8 Å². The van der Waals surface area contributed by atoms with Crippen LogP contribution in [-0.2, 0) is 13.0 Å². The van der Waals surface area contributed by atoms with Crippen molar-refractivity contribution in [3.8, 4) is 0 Å². The van der Waals surface area contributed by atoms with Crippen LogP contribution >= 0.6 is 35.0 Å². The minimum atomic E-state index is 0.596. The van der Waals surface area contributed by atoms with Crippen molar-refractivity contribution in [1.29, 1.82) is 0 Å². The number of fused-ring (bicyclic) bond motifs is 1. The summed E-state index contributed by atoms with van der Waals surface area (Å²) in [6.07, 6.45) is 3.42. The highest BCUT2D eigenvalue weighted by Gasteiger charge is 2.20. The van der Waals surface area contributed by atoms with Gasteiger partial charge in [-0.05, 0) is 30.7 Å². The molecule has 0 amide bonds. The number of hydrogen-bond donors (Lipinski definition) is 0. The Bertz CT molecular complexity index is 576. The molecule has 2 aromatic rings. The van der Waals surface area contributed by atoms with Crippen molar-refractivity contribution >= 4 is 46.0 Å². The summed E-state index contributed by atoms with van der Waals surface area (Å²) in [5, 5.41) is 1.43. The van der Waals surface area contributed by atoms with Crippen LogP contribution in [0, 0.1) is 0 Å². The molecule has 1 aromatic heterocycles. The summed E-state index contributed by atoms with van der Waals surface area (Å²) in [4.78, 5) is 4.68. The number of aryl methyl sites for hydroxylation is 1. The van der Waals surface area contributed by atoms with Crippen LogP contribution in [0.2, 0.25) is 5.02 Å². The smallest absolute Gasteiger partial charge is 0.111 e. The second-order valence-corrected chi connectivity index (χ2v) is 7.01. The number of halogens is 2. The first-order valence-corrected chi connectivity index (χ1v) is 8.57. The molecule has 19 heavy (non-hydrogen) atoms. The Kier molecular flexibility index (Phi) is 4.25. The fourth-order valence-electron chi connectivity index (χ4n) is 2.63. The van der Waals surface area contributed by atoms with Crippen LogP contribution in [0.5, 0.6) is 0 Å².